The normalized spacial score (nSPS) is 12.1. The predicted molar refractivity (Wildman–Crippen MR) is 96.4 cm³/mol. The lowest BCUT2D eigenvalue weighted by Gasteiger charge is -2.18. The van der Waals surface area contributed by atoms with Crippen LogP contribution >= 0.6 is 23.2 Å². The highest BCUT2D eigenvalue weighted by Gasteiger charge is 2.40. The maximum Gasteiger partial charge on any atom is 0.428 e. The standard InChI is InChI=1S/C17H12Cl2F4N2O3/c1-27-14(13-11(20)3-2-4-12(13)21)25-16(26)24-9-5-7-10(8-6-9)28-17(22,23)15(18)19/h2-8,15H,1H3,(H,24,26)/b25-14-. The van der Waals surface area contributed by atoms with Crippen molar-refractivity contribution in [3.05, 3.63) is 59.7 Å². The molecule has 5 nitrogen and oxygen atoms in total. The zero-order valence-corrected chi connectivity index (χ0v) is 15.6. The van der Waals surface area contributed by atoms with Gasteiger partial charge in [0.2, 0.25) is 10.7 Å². The molecular formula is C17H12Cl2F4N2O3. The summed E-state index contributed by atoms with van der Waals surface area (Å²) in [6.07, 6.45) is -3.81. The van der Waals surface area contributed by atoms with Gasteiger partial charge < -0.3 is 14.8 Å². The summed E-state index contributed by atoms with van der Waals surface area (Å²) in [6.45, 7) is 0. The van der Waals surface area contributed by atoms with E-state index in [1.807, 2.05) is 0 Å². The number of halogens is 6. The van der Waals surface area contributed by atoms with Gasteiger partial charge in [-0.2, -0.15) is 13.8 Å². The van der Waals surface area contributed by atoms with E-state index in [1.165, 1.54) is 12.1 Å². The Morgan fingerprint density at radius 2 is 1.68 bits per heavy atom. The van der Waals surface area contributed by atoms with Gasteiger partial charge in [0.15, 0.2) is 0 Å². The van der Waals surface area contributed by atoms with Crippen molar-refractivity contribution in [2.75, 3.05) is 12.4 Å². The van der Waals surface area contributed by atoms with Crippen LogP contribution < -0.4 is 10.1 Å². The number of amides is 2. The highest BCUT2D eigenvalue weighted by Crippen LogP contribution is 2.30. The average molecular weight is 439 g/mol. The molecule has 11 heteroatoms. The molecule has 0 radical (unpaired) electrons. The largest absolute Gasteiger partial charge is 0.480 e. The molecule has 0 aliphatic heterocycles. The minimum Gasteiger partial charge on any atom is -0.480 e. The number of urea groups is 1. The molecule has 0 saturated carbocycles. The first kappa shape index (κ1) is 21.8. The van der Waals surface area contributed by atoms with E-state index >= 15 is 0 Å². The maximum atomic E-state index is 13.8. The number of hydrogen-bond acceptors (Lipinski definition) is 3. The van der Waals surface area contributed by atoms with Crippen LogP contribution in [0.3, 0.4) is 0 Å². The van der Waals surface area contributed by atoms with Gasteiger partial charge in [-0.15, -0.1) is 0 Å². The Bertz CT molecular complexity index is 857. The number of carbonyl (C=O) groups is 1. The van der Waals surface area contributed by atoms with Crippen LogP contribution in [0, 0.1) is 11.6 Å². The molecule has 2 rings (SSSR count). The lowest BCUT2D eigenvalue weighted by molar-refractivity contribution is -0.163. The second-order valence-corrected chi connectivity index (χ2v) is 6.23. The quantitative estimate of drug-likeness (QED) is 0.295. The van der Waals surface area contributed by atoms with E-state index in [9.17, 15) is 22.4 Å². The number of aliphatic imine (C=N–C) groups is 1. The number of rotatable bonds is 5. The third-order valence-corrected chi connectivity index (χ3v) is 3.69. The molecule has 150 valence electrons. The Morgan fingerprint density at radius 3 is 2.18 bits per heavy atom. The Labute approximate surface area is 166 Å². The van der Waals surface area contributed by atoms with E-state index in [2.05, 4.69) is 15.0 Å². The van der Waals surface area contributed by atoms with Crippen LogP contribution in [0.5, 0.6) is 5.75 Å². The zero-order chi connectivity index (χ0) is 20.9. The fourth-order valence-corrected chi connectivity index (χ4v) is 2.05. The molecule has 0 aliphatic rings. The van der Waals surface area contributed by atoms with E-state index in [0.717, 1.165) is 37.4 Å². The number of nitrogens with zero attached hydrogens (tertiary/aromatic N) is 1. The van der Waals surface area contributed by atoms with E-state index in [1.54, 1.807) is 0 Å². The molecule has 0 aliphatic carbocycles. The zero-order valence-electron chi connectivity index (χ0n) is 14.1. The summed E-state index contributed by atoms with van der Waals surface area (Å²) in [5.74, 6) is -2.77. The number of anilines is 1. The predicted octanol–water partition coefficient (Wildman–Crippen LogP) is 5.37. The van der Waals surface area contributed by atoms with Crippen molar-refractivity contribution < 1.29 is 31.8 Å². The fraction of sp³-hybridized carbons (Fsp3) is 0.176. The van der Waals surface area contributed by atoms with Crippen molar-refractivity contribution in [2.24, 2.45) is 4.99 Å². The molecule has 2 aromatic carbocycles. The lowest BCUT2D eigenvalue weighted by Crippen LogP contribution is -2.32. The first-order valence-electron chi connectivity index (χ1n) is 7.47. The van der Waals surface area contributed by atoms with Crippen LogP contribution in [0.1, 0.15) is 5.56 Å². The minimum atomic E-state index is -3.81. The lowest BCUT2D eigenvalue weighted by atomic mass is 10.2. The first-order valence-corrected chi connectivity index (χ1v) is 8.34. The van der Waals surface area contributed by atoms with E-state index < -0.39 is 40.1 Å². The van der Waals surface area contributed by atoms with Crippen LogP contribution in [-0.4, -0.2) is 30.0 Å². The molecule has 0 heterocycles. The summed E-state index contributed by atoms with van der Waals surface area (Å²) < 4.78 is 63.3. The van der Waals surface area contributed by atoms with Gasteiger partial charge >= 0.3 is 12.1 Å². The summed E-state index contributed by atoms with van der Waals surface area (Å²) in [7, 11) is 1.09. The smallest absolute Gasteiger partial charge is 0.428 e. The van der Waals surface area contributed by atoms with Crippen molar-refractivity contribution in [2.45, 2.75) is 10.9 Å². The molecule has 0 aromatic heterocycles. The molecular weight excluding hydrogens is 427 g/mol. The van der Waals surface area contributed by atoms with E-state index in [-0.39, 0.29) is 11.4 Å². The molecule has 1 N–H and O–H groups in total. The third kappa shape index (κ3) is 5.49. The van der Waals surface area contributed by atoms with Crippen molar-refractivity contribution in [1.82, 2.24) is 0 Å². The Morgan fingerprint density at radius 1 is 1.11 bits per heavy atom. The summed E-state index contributed by atoms with van der Waals surface area (Å²) in [5.41, 5.74) is -0.468. The van der Waals surface area contributed by atoms with Gasteiger partial charge in [-0.1, -0.05) is 29.3 Å². The molecule has 0 atom stereocenters. The molecule has 2 amide bonds. The fourth-order valence-electron chi connectivity index (χ4n) is 1.96. The van der Waals surface area contributed by atoms with E-state index in [0.29, 0.717) is 0 Å². The molecule has 28 heavy (non-hydrogen) atoms. The summed E-state index contributed by atoms with van der Waals surface area (Å²) >= 11 is 10.2. The molecule has 2 aromatic rings. The second-order valence-electron chi connectivity index (χ2n) is 5.14. The molecule has 0 fully saturated rings. The Hall–Kier alpha value is -2.52. The minimum absolute atomic E-state index is 0.141. The van der Waals surface area contributed by atoms with Crippen molar-refractivity contribution in [1.29, 1.82) is 0 Å². The number of hydrogen-bond donors (Lipinski definition) is 1. The SMILES string of the molecule is CO/C(=N\C(=O)Nc1ccc(OC(F)(F)C(Cl)Cl)cc1)c1c(F)cccc1F. The van der Waals surface area contributed by atoms with Crippen molar-refractivity contribution in [3.63, 3.8) is 0 Å². The van der Waals surface area contributed by atoms with Crippen LogP contribution in [0.15, 0.2) is 47.5 Å². The number of carbonyl (C=O) groups excluding carboxylic acids is 1. The van der Waals surface area contributed by atoms with Crippen LogP contribution in [0.4, 0.5) is 28.0 Å². The first-order chi connectivity index (χ1) is 13.1. The average Bonchev–Trinajstić information content (AvgIpc) is 2.62. The van der Waals surface area contributed by atoms with Crippen LogP contribution in [-0.2, 0) is 4.74 Å². The highest BCUT2D eigenvalue weighted by molar-refractivity contribution is 6.44. The Kier molecular flexibility index (Phi) is 7.09. The molecule has 0 saturated heterocycles. The number of ether oxygens (including phenoxy) is 2. The number of nitrogens with one attached hydrogen (secondary N) is 1. The van der Waals surface area contributed by atoms with Gasteiger partial charge in [0.05, 0.1) is 7.11 Å². The maximum absolute atomic E-state index is 13.8. The van der Waals surface area contributed by atoms with Crippen molar-refractivity contribution in [3.8, 4) is 5.75 Å². The van der Waals surface area contributed by atoms with Gasteiger partial charge in [0, 0.05) is 5.69 Å². The molecule has 0 unspecified atom stereocenters. The number of benzene rings is 2. The van der Waals surface area contributed by atoms with Gasteiger partial charge in [-0.25, -0.2) is 13.6 Å². The number of alkyl halides is 4. The van der Waals surface area contributed by atoms with Crippen LogP contribution in [0.25, 0.3) is 0 Å². The highest BCUT2D eigenvalue weighted by atomic mass is 35.5. The summed E-state index contributed by atoms with van der Waals surface area (Å²) in [6, 6.07) is 6.79. The van der Waals surface area contributed by atoms with Crippen LogP contribution in [0.2, 0.25) is 0 Å². The summed E-state index contributed by atoms with van der Waals surface area (Å²) in [4.78, 5) is 13.4. The molecule has 0 bridgehead atoms. The third-order valence-electron chi connectivity index (χ3n) is 3.19. The van der Waals surface area contributed by atoms with E-state index in [4.69, 9.17) is 27.9 Å². The van der Waals surface area contributed by atoms with Gasteiger partial charge in [0.25, 0.3) is 0 Å². The van der Waals surface area contributed by atoms with Gasteiger partial charge in [-0.3, -0.25) is 0 Å². The monoisotopic (exact) mass is 438 g/mol. The summed E-state index contributed by atoms with van der Waals surface area (Å²) in [5, 5.41) is 2.28. The second kappa shape index (κ2) is 9.11. The van der Waals surface area contributed by atoms with Gasteiger partial charge in [0.1, 0.15) is 22.9 Å². The topological polar surface area (TPSA) is 59.9 Å². The van der Waals surface area contributed by atoms with Crippen molar-refractivity contribution >= 4 is 40.8 Å². The molecule has 0 spiro atoms. The number of methoxy groups -OCH3 is 1. The Balaban J connectivity index is 2.13. The van der Waals surface area contributed by atoms with Gasteiger partial charge in [-0.05, 0) is 36.4 Å².